The minimum Gasteiger partial charge on any atom is -0.366 e. The summed E-state index contributed by atoms with van der Waals surface area (Å²) in [6, 6.07) is 7.75. The molecule has 0 aliphatic heterocycles. The zero-order chi connectivity index (χ0) is 32.6. The highest BCUT2D eigenvalue weighted by atomic mass is 32.2. The molecule has 4 N–H and O–H groups in total. The summed E-state index contributed by atoms with van der Waals surface area (Å²) in [4.78, 5) is 25.8. The standard InChI is InChI=1S/C34H53N3O5S/c1-20(2)25-15-27(21(3)4)31(28(16-25)22(5)6)19-33(39)37-43(40,41)42-34-29(23(7)8)17-26(18-30(34)24(9)10)36-32(38)13-11-12-14-35/h15-18,20-24H,11-14,19,35H2,1-10H3,(H,36,38)(H,37,39). The van der Waals surface area contributed by atoms with Gasteiger partial charge < -0.3 is 15.2 Å². The second-order valence-corrected chi connectivity index (χ2v) is 14.2. The molecule has 0 fully saturated rings. The van der Waals surface area contributed by atoms with Gasteiger partial charge in [0.15, 0.2) is 5.75 Å². The Morgan fingerprint density at radius 2 is 1.21 bits per heavy atom. The molecule has 0 saturated carbocycles. The third kappa shape index (κ3) is 10.3. The zero-order valence-corrected chi connectivity index (χ0v) is 28.6. The summed E-state index contributed by atoms with van der Waals surface area (Å²) >= 11 is 0. The molecule has 0 saturated heterocycles. The van der Waals surface area contributed by atoms with Gasteiger partial charge in [0, 0.05) is 23.2 Å². The maximum Gasteiger partial charge on any atom is 0.409 e. The Hall–Kier alpha value is -2.91. The lowest BCUT2D eigenvalue weighted by Crippen LogP contribution is -2.36. The topological polar surface area (TPSA) is 128 Å². The van der Waals surface area contributed by atoms with Gasteiger partial charge in [-0.3, -0.25) is 9.59 Å². The lowest BCUT2D eigenvalue weighted by molar-refractivity contribution is -0.119. The third-order valence-electron chi connectivity index (χ3n) is 7.55. The molecule has 0 atom stereocenters. The van der Waals surface area contributed by atoms with Crippen LogP contribution in [0.4, 0.5) is 5.69 Å². The van der Waals surface area contributed by atoms with Crippen molar-refractivity contribution in [2.75, 3.05) is 11.9 Å². The Morgan fingerprint density at radius 1 is 0.721 bits per heavy atom. The molecule has 0 aliphatic rings. The van der Waals surface area contributed by atoms with Crippen molar-refractivity contribution in [3.63, 3.8) is 0 Å². The van der Waals surface area contributed by atoms with Crippen LogP contribution >= 0.6 is 0 Å². The molecule has 9 heteroatoms. The fourth-order valence-electron chi connectivity index (χ4n) is 5.13. The van der Waals surface area contributed by atoms with Crippen LogP contribution < -0.4 is 20.0 Å². The number of hydrogen-bond acceptors (Lipinski definition) is 6. The van der Waals surface area contributed by atoms with Gasteiger partial charge in [-0.15, -0.1) is 0 Å². The van der Waals surface area contributed by atoms with E-state index in [1.807, 2.05) is 27.7 Å². The van der Waals surface area contributed by atoms with Crippen LogP contribution in [0.3, 0.4) is 0 Å². The Kier molecular flexibility index (Phi) is 13.3. The summed E-state index contributed by atoms with van der Waals surface area (Å²) in [5.74, 6) is -0.189. The Labute approximate surface area is 259 Å². The molecule has 0 spiro atoms. The van der Waals surface area contributed by atoms with Crippen molar-refractivity contribution < 1.29 is 22.2 Å². The van der Waals surface area contributed by atoms with Crippen molar-refractivity contribution in [1.82, 2.24) is 4.72 Å². The Balaban J connectivity index is 2.41. The van der Waals surface area contributed by atoms with Crippen molar-refractivity contribution in [1.29, 1.82) is 0 Å². The number of rotatable bonds is 15. The van der Waals surface area contributed by atoms with Gasteiger partial charge in [-0.1, -0.05) is 81.4 Å². The fraction of sp³-hybridized carbons (Fsp3) is 0.588. The number of unbranched alkanes of at least 4 members (excludes halogenated alkanes) is 1. The van der Waals surface area contributed by atoms with E-state index in [0.717, 1.165) is 23.1 Å². The minimum atomic E-state index is -4.50. The first-order valence-electron chi connectivity index (χ1n) is 15.6. The largest absolute Gasteiger partial charge is 0.409 e. The fourth-order valence-corrected chi connectivity index (χ4v) is 5.93. The normalized spacial score (nSPS) is 12.1. The van der Waals surface area contributed by atoms with Gasteiger partial charge in [-0.25, -0.2) is 4.72 Å². The first-order valence-corrected chi connectivity index (χ1v) is 17.0. The van der Waals surface area contributed by atoms with Gasteiger partial charge in [-0.2, -0.15) is 8.42 Å². The molecule has 43 heavy (non-hydrogen) atoms. The molecule has 0 unspecified atom stereocenters. The second kappa shape index (κ2) is 15.7. The van der Waals surface area contributed by atoms with Crippen LogP contribution in [0.5, 0.6) is 5.75 Å². The predicted molar refractivity (Wildman–Crippen MR) is 176 cm³/mol. The highest BCUT2D eigenvalue weighted by molar-refractivity contribution is 7.85. The lowest BCUT2D eigenvalue weighted by Gasteiger charge is -2.23. The highest BCUT2D eigenvalue weighted by Crippen LogP contribution is 2.38. The number of carbonyl (C=O) groups is 2. The molecule has 0 bridgehead atoms. The summed E-state index contributed by atoms with van der Waals surface area (Å²) in [6.45, 7) is 20.8. The van der Waals surface area contributed by atoms with Crippen LogP contribution in [0.1, 0.15) is 151 Å². The number of anilines is 1. The van der Waals surface area contributed by atoms with E-state index in [1.165, 1.54) is 5.56 Å². The summed E-state index contributed by atoms with van der Waals surface area (Å²) < 4.78 is 34.4. The molecule has 8 nitrogen and oxygen atoms in total. The van der Waals surface area contributed by atoms with Crippen molar-refractivity contribution in [2.24, 2.45) is 5.73 Å². The van der Waals surface area contributed by atoms with Crippen LogP contribution in [-0.4, -0.2) is 26.8 Å². The van der Waals surface area contributed by atoms with Crippen LogP contribution in [0, 0.1) is 0 Å². The van der Waals surface area contributed by atoms with E-state index >= 15 is 0 Å². The molecule has 2 rings (SSSR count). The summed E-state index contributed by atoms with van der Waals surface area (Å²) in [5.41, 5.74) is 11.5. The third-order valence-corrected chi connectivity index (χ3v) is 8.42. The average Bonchev–Trinajstić information content (AvgIpc) is 2.88. The van der Waals surface area contributed by atoms with E-state index < -0.39 is 16.2 Å². The van der Waals surface area contributed by atoms with Gasteiger partial charge in [0.25, 0.3) is 0 Å². The number of amides is 2. The van der Waals surface area contributed by atoms with Crippen molar-refractivity contribution in [2.45, 2.75) is 125 Å². The van der Waals surface area contributed by atoms with Gasteiger partial charge in [0.2, 0.25) is 11.8 Å². The first kappa shape index (κ1) is 36.3. The maximum absolute atomic E-state index is 13.3. The van der Waals surface area contributed by atoms with Crippen LogP contribution in [0.15, 0.2) is 24.3 Å². The quantitative estimate of drug-likeness (QED) is 0.180. The first-order chi connectivity index (χ1) is 20.0. The SMILES string of the molecule is CC(C)c1cc(C(C)C)c(CC(=O)NS(=O)(=O)Oc2c(C(C)C)cc(NC(=O)CCCCN)cc2C(C)C)c(C(C)C)c1. The average molecular weight is 616 g/mol. The minimum absolute atomic E-state index is 0.0782. The molecule has 2 aromatic rings. The van der Waals surface area contributed by atoms with E-state index in [9.17, 15) is 18.0 Å². The molecule has 2 amide bonds. The van der Waals surface area contributed by atoms with E-state index in [1.54, 1.807) is 12.1 Å². The maximum atomic E-state index is 13.3. The predicted octanol–water partition coefficient (Wildman–Crippen LogP) is 7.35. The van der Waals surface area contributed by atoms with Gasteiger partial charge in [-0.05, 0) is 83.4 Å². The number of hydrogen-bond donors (Lipinski definition) is 3. The Bertz CT molecular complexity index is 1320. The van der Waals surface area contributed by atoms with Crippen molar-refractivity contribution in [3.8, 4) is 5.75 Å². The van der Waals surface area contributed by atoms with Crippen LogP contribution in [-0.2, 0) is 26.3 Å². The summed E-state index contributed by atoms with van der Waals surface area (Å²) in [5, 5.41) is 2.93. The molecule has 0 aliphatic carbocycles. The molecule has 0 radical (unpaired) electrons. The van der Waals surface area contributed by atoms with Crippen molar-refractivity contribution in [3.05, 3.63) is 57.6 Å². The molecule has 2 aromatic carbocycles. The molecule has 0 heterocycles. The second-order valence-electron chi connectivity index (χ2n) is 13.0. The number of nitrogens with two attached hydrogens (primary N) is 1. The van der Waals surface area contributed by atoms with Gasteiger partial charge in [0.1, 0.15) is 0 Å². The lowest BCUT2D eigenvalue weighted by atomic mass is 9.83. The van der Waals surface area contributed by atoms with Crippen LogP contribution in [0.2, 0.25) is 0 Å². The number of carbonyl (C=O) groups excluding carboxylic acids is 2. The van der Waals surface area contributed by atoms with Gasteiger partial charge >= 0.3 is 10.3 Å². The Morgan fingerprint density at radius 3 is 1.63 bits per heavy atom. The molecule has 0 aromatic heterocycles. The van der Waals surface area contributed by atoms with E-state index in [-0.39, 0.29) is 41.7 Å². The number of nitrogens with one attached hydrogen (secondary N) is 2. The smallest absolute Gasteiger partial charge is 0.366 e. The monoisotopic (exact) mass is 615 g/mol. The van der Waals surface area contributed by atoms with E-state index in [0.29, 0.717) is 42.1 Å². The molecular formula is C34H53N3O5S. The summed E-state index contributed by atoms with van der Waals surface area (Å²) in [7, 11) is -4.50. The highest BCUT2D eigenvalue weighted by Gasteiger charge is 2.26. The zero-order valence-electron chi connectivity index (χ0n) is 27.8. The number of benzene rings is 2. The molecular weight excluding hydrogens is 562 g/mol. The molecule has 240 valence electrons. The van der Waals surface area contributed by atoms with E-state index in [4.69, 9.17) is 9.92 Å². The van der Waals surface area contributed by atoms with Gasteiger partial charge in [0.05, 0.1) is 6.42 Å². The summed E-state index contributed by atoms with van der Waals surface area (Å²) in [6.07, 6.45) is 1.72. The van der Waals surface area contributed by atoms with Crippen LogP contribution in [0.25, 0.3) is 0 Å². The van der Waals surface area contributed by atoms with E-state index in [2.05, 4.69) is 63.7 Å². The van der Waals surface area contributed by atoms with Crippen molar-refractivity contribution >= 4 is 27.8 Å².